The van der Waals surface area contributed by atoms with Crippen molar-refractivity contribution in [1.29, 1.82) is 0 Å². The van der Waals surface area contributed by atoms with E-state index in [2.05, 4.69) is 12.6 Å². The monoisotopic (exact) mass is 136 g/mol. The van der Waals surface area contributed by atoms with Crippen molar-refractivity contribution in [2.24, 2.45) is 0 Å². The highest BCUT2D eigenvalue weighted by molar-refractivity contribution is 7.88. The fourth-order valence-corrected chi connectivity index (χ4v) is 2.76. The molecule has 3 heteroatoms. The van der Waals surface area contributed by atoms with Gasteiger partial charge in [-0.15, -0.1) is 0 Å². The Bertz CT molecular complexity index is 91.7. The molecular weight excluding hydrogens is 128 g/mol. The fourth-order valence-electron chi connectivity index (χ4n) is 0.649. The van der Waals surface area contributed by atoms with Crippen molar-refractivity contribution in [2.45, 2.75) is 11.7 Å². The van der Waals surface area contributed by atoms with Crippen LogP contribution in [-0.2, 0) is 10.8 Å². The van der Waals surface area contributed by atoms with Crippen LogP contribution in [0.1, 0.15) is 6.42 Å². The summed E-state index contributed by atoms with van der Waals surface area (Å²) in [5.74, 6) is 1.68. The van der Waals surface area contributed by atoms with Crippen LogP contribution in [0.2, 0.25) is 0 Å². The maximum absolute atomic E-state index is 10.5. The van der Waals surface area contributed by atoms with Crippen LogP contribution < -0.4 is 0 Å². The number of hydrogen-bond acceptors (Lipinski definition) is 2. The summed E-state index contributed by atoms with van der Waals surface area (Å²) in [6, 6.07) is 0. The Hall–Kier alpha value is 0.500. The molecule has 1 nitrogen and oxygen atoms in total. The van der Waals surface area contributed by atoms with Gasteiger partial charge in [0.1, 0.15) is 0 Å². The van der Waals surface area contributed by atoms with E-state index in [9.17, 15) is 4.21 Å². The van der Waals surface area contributed by atoms with Gasteiger partial charge in [-0.1, -0.05) is 0 Å². The number of rotatable bonds is 0. The lowest BCUT2D eigenvalue weighted by molar-refractivity contribution is 0.687. The third-order valence-electron chi connectivity index (χ3n) is 1.06. The first-order valence-electron chi connectivity index (χ1n) is 2.32. The second-order valence-corrected chi connectivity index (χ2v) is 4.10. The predicted molar refractivity (Wildman–Crippen MR) is 35.3 cm³/mol. The molecular formula is C4H8OS2. The molecule has 2 atom stereocenters. The summed E-state index contributed by atoms with van der Waals surface area (Å²) in [5.41, 5.74) is 0. The third kappa shape index (κ3) is 1.46. The molecule has 1 rings (SSSR count). The van der Waals surface area contributed by atoms with Crippen molar-refractivity contribution in [3.05, 3.63) is 0 Å². The molecule has 0 spiro atoms. The van der Waals surface area contributed by atoms with Crippen molar-refractivity contribution < 1.29 is 4.21 Å². The summed E-state index contributed by atoms with van der Waals surface area (Å²) >= 11 is 4.16. The van der Waals surface area contributed by atoms with Crippen LogP contribution in [0.15, 0.2) is 0 Å². The summed E-state index contributed by atoms with van der Waals surface area (Å²) in [7, 11) is -0.529. The van der Waals surface area contributed by atoms with E-state index in [1.165, 1.54) is 0 Å². The van der Waals surface area contributed by atoms with E-state index in [-0.39, 0.29) is 0 Å². The highest BCUT2D eigenvalue weighted by Crippen LogP contribution is 2.11. The summed E-state index contributed by atoms with van der Waals surface area (Å²) in [4.78, 5) is 0. The Balaban J connectivity index is 2.40. The van der Waals surface area contributed by atoms with E-state index >= 15 is 0 Å². The maximum Gasteiger partial charge on any atom is 0.0351 e. The van der Waals surface area contributed by atoms with Crippen LogP contribution in [-0.4, -0.2) is 21.0 Å². The van der Waals surface area contributed by atoms with Gasteiger partial charge < -0.3 is 0 Å². The van der Waals surface area contributed by atoms with Gasteiger partial charge in [0.2, 0.25) is 0 Å². The molecule has 0 amide bonds. The van der Waals surface area contributed by atoms with Gasteiger partial charge in [0.05, 0.1) is 0 Å². The Morgan fingerprint density at radius 1 is 1.71 bits per heavy atom. The van der Waals surface area contributed by atoms with Crippen molar-refractivity contribution in [3.63, 3.8) is 0 Å². The summed E-state index contributed by atoms with van der Waals surface area (Å²) in [6.07, 6.45) is 1.04. The molecule has 0 bridgehead atoms. The molecule has 1 aliphatic heterocycles. The standard InChI is InChI=1S/C4H8OS2/c5-7-2-1-4(6)3-7/h4,6H,1-3H2/t4-,7?/m0/s1. The summed E-state index contributed by atoms with van der Waals surface area (Å²) in [6.45, 7) is 0. The predicted octanol–water partition coefficient (Wildman–Crippen LogP) is 0.437. The van der Waals surface area contributed by atoms with Gasteiger partial charge >= 0.3 is 0 Å². The zero-order chi connectivity index (χ0) is 5.28. The van der Waals surface area contributed by atoms with E-state index in [1.54, 1.807) is 0 Å². The van der Waals surface area contributed by atoms with Crippen LogP contribution in [0.5, 0.6) is 0 Å². The van der Waals surface area contributed by atoms with Gasteiger partial charge in [0.15, 0.2) is 0 Å². The Kier molecular flexibility index (Phi) is 1.75. The summed E-state index contributed by atoms with van der Waals surface area (Å²) < 4.78 is 10.5. The Morgan fingerprint density at radius 3 is 2.57 bits per heavy atom. The largest absolute Gasteiger partial charge is 0.260 e. The molecule has 42 valence electrons. The molecule has 0 radical (unpaired) electrons. The number of thiol groups is 1. The van der Waals surface area contributed by atoms with E-state index < -0.39 is 10.8 Å². The molecule has 1 aliphatic rings. The molecule has 7 heavy (non-hydrogen) atoms. The lowest BCUT2D eigenvalue weighted by Gasteiger charge is -1.89. The molecule has 1 saturated heterocycles. The molecule has 0 aromatic heterocycles. The van der Waals surface area contributed by atoms with E-state index in [0.29, 0.717) is 5.25 Å². The smallest absolute Gasteiger partial charge is 0.0351 e. The molecule has 0 aliphatic carbocycles. The molecule has 0 aromatic rings. The maximum atomic E-state index is 10.5. The second-order valence-electron chi connectivity index (χ2n) is 1.75. The van der Waals surface area contributed by atoms with Gasteiger partial charge in [-0.2, -0.15) is 12.6 Å². The molecule has 1 heterocycles. The lowest BCUT2D eigenvalue weighted by atomic mass is 10.4. The second kappa shape index (κ2) is 2.18. The van der Waals surface area contributed by atoms with Crippen LogP contribution in [0.4, 0.5) is 0 Å². The average molecular weight is 136 g/mol. The first-order chi connectivity index (χ1) is 3.29. The zero-order valence-electron chi connectivity index (χ0n) is 3.96. The molecule has 1 fully saturated rings. The molecule has 0 N–H and O–H groups in total. The van der Waals surface area contributed by atoms with Crippen LogP contribution >= 0.6 is 12.6 Å². The highest BCUT2D eigenvalue weighted by Gasteiger charge is 2.16. The minimum absolute atomic E-state index is 0.417. The van der Waals surface area contributed by atoms with E-state index in [1.807, 2.05) is 0 Å². The van der Waals surface area contributed by atoms with Crippen molar-refractivity contribution in [3.8, 4) is 0 Å². The number of hydrogen-bond donors (Lipinski definition) is 1. The van der Waals surface area contributed by atoms with Gasteiger partial charge in [0, 0.05) is 27.6 Å². The molecule has 0 aromatic carbocycles. The summed E-state index contributed by atoms with van der Waals surface area (Å²) in [5, 5.41) is 0.417. The first kappa shape index (κ1) is 5.63. The first-order valence-corrected chi connectivity index (χ1v) is 4.32. The van der Waals surface area contributed by atoms with Crippen molar-refractivity contribution in [1.82, 2.24) is 0 Å². The third-order valence-corrected chi connectivity index (χ3v) is 3.21. The quantitative estimate of drug-likeness (QED) is 0.478. The average Bonchev–Trinajstić information content (AvgIpc) is 1.87. The topological polar surface area (TPSA) is 17.1 Å². The van der Waals surface area contributed by atoms with Gasteiger partial charge in [-0.05, 0) is 6.42 Å². The van der Waals surface area contributed by atoms with E-state index in [0.717, 1.165) is 17.9 Å². The lowest BCUT2D eigenvalue weighted by Crippen LogP contribution is -1.95. The Labute approximate surface area is 51.4 Å². The minimum atomic E-state index is -0.529. The van der Waals surface area contributed by atoms with E-state index in [4.69, 9.17) is 0 Å². The fraction of sp³-hybridized carbons (Fsp3) is 1.00. The highest BCUT2D eigenvalue weighted by atomic mass is 32.2. The van der Waals surface area contributed by atoms with Crippen molar-refractivity contribution in [2.75, 3.05) is 11.5 Å². The van der Waals surface area contributed by atoms with Gasteiger partial charge in [0.25, 0.3) is 0 Å². The molecule has 1 unspecified atom stereocenters. The van der Waals surface area contributed by atoms with Crippen molar-refractivity contribution >= 4 is 23.4 Å². The normalized spacial score (nSPS) is 41.9. The Morgan fingerprint density at radius 2 is 2.43 bits per heavy atom. The minimum Gasteiger partial charge on any atom is -0.260 e. The van der Waals surface area contributed by atoms with Gasteiger partial charge in [-0.25, -0.2) is 0 Å². The van der Waals surface area contributed by atoms with Crippen LogP contribution in [0, 0.1) is 0 Å². The molecule has 0 saturated carbocycles. The van der Waals surface area contributed by atoms with Crippen LogP contribution in [0.25, 0.3) is 0 Å². The van der Waals surface area contributed by atoms with Gasteiger partial charge in [-0.3, -0.25) is 4.21 Å². The zero-order valence-corrected chi connectivity index (χ0v) is 5.67. The SMILES string of the molecule is O=S1CC[C@H](S)C1. The van der Waals surface area contributed by atoms with Crippen LogP contribution in [0.3, 0.4) is 0 Å².